The minimum absolute atomic E-state index is 0.0326. The van der Waals surface area contributed by atoms with E-state index in [1.165, 1.54) is 5.56 Å². The predicted molar refractivity (Wildman–Crippen MR) is 166 cm³/mol. The Morgan fingerprint density at radius 2 is 1.74 bits per heavy atom. The largest absolute Gasteiger partial charge is 0.481 e. The third-order valence-corrected chi connectivity index (χ3v) is 15.3. The smallest absolute Gasteiger partial charge is 0.307 e. The molecule has 1 unspecified atom stereocenters. The first-order valence-corrected chi connectivity index (χ1v) is 18.7. The Balaban J connectivity index is 1.88. The van der Waals surface area contributed by atoms with Gasteiger partial charge in [0.2, 0.25) is 9.04 Å². The molecule has 0 bridgehead atoms. The second-order valence-electron chi connectivity index (χ2n) is 13.1. The monoisotopic (exact) mass is 564 g/mol. The first kappa shape index (κ1) is 31.2. The van der Waals surface area contributed by atoms with E-state index in [0.717, 1.165) is 40.4 Å². The fraction of sp³-hybridized carbons (Fsp3) is 0.500. The second-order valence-corrected chi connectivity index (χ2v) is 20.8. The van der Waals surface area contributed by atoms with Crippen molar-refractivity contribution >= 4 is 34.2 Å². The zero-order valence-corrected chi connectivity index (χ0v) is 27.2. The Morgan fingerprint density at radius 3 is 2.38 bits per heavy atom. The maximum Gasteiger partial charge on any atom is 0.307 e. The van der Waals surface area contributed by atoms with Crippen LogP contribution in [0.25, 0.3) is 22.0 Å². The maximum atomic E-state index is 11.6. The second kappa shape index (κ2) is 12.5. The molecular formula is C32H46NO4Si2. The third kappa shape index (κ3) is 8.33. The van der Waals surface area contributed by atoms with Gasteiger partial charge in [-0.1, -0.05) is 84.0 Å². The number of pyridine rings is 1. The number of aliphatic carboxylic acids is 1. The van der Waals surface area contributed by atoms with E-state index in [0.29, 0.717) is 6.61 Å². The van der Waals surface area contributed by atoms with Crippen LogP contribution in [-0.4, -0.2) is 46.1 Å². The number of carboxylic acids is 1. The van der Waals surface area contributed by atoms with Gasteiger partial charge in [-0.25, -0.2) is 0 Å². The molecule has 5 nitrogen and oxygen atoms in total. The van der Waals surface area contributed by atoms with E-state index in [9.17, 15) is 9.90 Å². The summed E-state index contributed by atoms with van der Waals surface area (Å²) in [6.07, 6.45) is 3.40. The van der Waals surface area contributed by atoms with Crippen LogP contribution in [0, 0.1) is 0 Å². The van der Waals surface area contributed by atoms with E-state index in [4.69, 9.17) is 8.85 Å². The van der Waals surface area contributed by atoms with Crippen LogP contribution in [0.4, 0.5) is 0 Å². The Labute approximate surface area is 237 Å². The molecule has 1 atom stereocenters. The number of rotatable bonds is 11. The Hall–Kier alpha value is -2.33. The summed E-state index contributed by atoms with van der Waals surface area (Å²) in [5, 5.41) is 10.8. The average Bonchev–Trinajstić information content (AvgIpc) is 2.84. The van der Waals surface area contributed by atoms with E-state index in [-0.39, 0.29) is 22.6 Å². The van der Waals surface area contributed by atoms with Crippen molar-refractivity contribution < 1.29 is 18.8 Å². The molecule has 1 heterocycles. The molecule has 39 heavy (non-hydrogen) atoms. The van der Waals surface area contributed by atoms with E-state index in [2.05, 4.69) is 90.4 Å². The van der Waals surface area contributed by atoms with Gasteiger partial charge in [-0.2, -0.15) is 0 Å². The van der Waals surface area contributed by atoms with E-state index in [1.54, 1.807) is 6.20 Å². The molecule has 0 spiro atoms. The lowest BCUT2D eigenvalue weighted by Crippen LogP contribution is -2.44. The molecule has 0 saturated heterocycles. The maximum absolute atomic E-state index is 11.6. The lowest BCUT2D eigenvalue weighted by molar-refractivity contribution is -0.136. The van der Waals surface area contributed by atoms with Crippen molar-refractivity contribution in [3.05, 3.63) is 65.9 Å². The van der Waals surface area contributed by atoms with Gasteiger partial charge in [0.15, 0.2) is 8.32 Å². The van der Waals surface area contributed by atoms with Crippen molar-refractivity contribution in [2.45, 2.75) is 96.6 Å². The van der Waals surface area contributed by atoms with E-state index < -0.39 is 23.3 Å². The van der Waals surface area contributed by atoms with Gasteiger partial charge in [0.1, 0.15) is 0 Å². The van der Waals surface area contributed by atoms with E-state index >= 15 is 0 Å². The first-order valence-electron chi connectivity index (χ1n) is 13.9. The minimum Gasteiger partial charge on any atom is -0.481 e. The molecule has 1 aromatic heterocycles. The quantitative estimate of drug-likeness (QED) is 0.237. The molecule has 211 valence electrons. The standard InChI is InChI=1S/C32H46NO4Si2/c1-31(2,3)38(7)37-26(22-36-39(8,9)32(4,5)6)18-17-23-13-12-14-24(19-23)30-25(20-29(34)35)21-33-28-16-11-10-15-27(28)30/h10-16,19,21,26H,17-18,20,22H2,1-9H3,(H,34,35). The van der Waals surface area contributed by atoms with Crippen LogP contribution in [0.3, 0.4) is 0 Å². The number of aryl methyl sites for hydroxylation is 1. The van der Waals surface area contributed by atoms with Gasteiger partial charge >= 0.3 is 5.97 Å². The molecule has 0 fully saturated rings. The van der Waals surface area contributed by atoms with Gasteiger partial charge in [0.05, 0.1) is 24.6 Å². The summed E-state index contributed by atoms with van der Waals surface area (Å²) in [5.41, 5.74) is 4.77. The number of fused-ring (bicyclic) bond motifs is 1. The number of carbonyl (C=O) groups is 1. The Bertz CT molecular complexity index is 1280. The van der Waals surface area contributed by atoms with Crippen LogP contribution in [0.1, 0.15) is 59.1 Å². The highest BCUT2D eigenvalue weighted by molar-refractivity contribution is 6.74. The molecule has 0 aliphatic heterocycles. The van der Waals surface area contributed by atoms with Crippen molar-refractivity contribution in [1.29, 1.82) is 0 Å². The SMILES string of the molecule is C[Si](OC(CCc1cccc(-c2c(CC(=O)O)cnc3ccccc23)c1)CO[Si](C)(C)C(C)(C)C)C(C)(C)C. The molecule has 3 aromatic rings. The molecule has 7 heteroatoms. The molecule has 0 aliphatic carbocycles. The van der Waals surface area contributed by atoms with Gasteiger partial charge in [-0.05, 0) is 70.9 Å². The number of para-hydroxylation sites is 1. The number of benzene rings is 2. The lowest BCUT2D eigenvalue weighted by Gasteiger charge is -2.38. The van der Waals surface area contributed by atoms with Crippen LogP contribution in [0.2, 0.25) is 29.7 Å². The highest BCUT2D eigenvalue weighted by Crippen LogP contribution is 2.37. The van der Waals surface area contributed by atoms with Crippen LogP contribution >= 0.6 is 0 Å². The molecule has 1 N–H and O–H groups in total. The lowest BCUT2D eigenvalue weighted by atomic mass is 9.93. The highest BCUT2D eigenvalue weighted by Gasteiger charge is 2.38. The van der Waals surface area contributed by atoms with Crippen LogP contribution in [0.5, 0.6) is 0 Å². The molecule has 0 amide bonds. The number of hydrogen-bond acceptors (Lipinski definition) is 4. The van der Waals surface area contributed by atoms with Crippen molar-refractivity contribution in [2.75, 3.05) is 6.61 Å². The average molecular weight is 565 g/mol. The van der Waals surface area contributed by atoms with Crippen LogP contribution < -0.4 is 0 Å². The van der Waals surface area contributed by atoms with Crippen LogP contribution in [-0.2, 0) is 26.5 Å². The number of aromatic nitrogens is 1. The molecule has 3 rings (SSSR count). The number of carboxylic acid groups (broad SMARTS) is 1. The predicted octanol–water partition coefficient (Wildman–Crippen LogP) is 8.29. The molecule has 2 aromatic carbocycles. The minimum atomic E-state index is -1.89. The Morgan fingerprint density at radius 1 is 1.05 bits per heavy atom. The first-order chi connectivity index (χ1) is 18.1. The van der Waals surface area contributed by atoms with Gasteiger partial charge in [-0.3, -0.25) is 9.78 Å². The van der Waals surface area contributed by atoms with E-state index in [1.807, 2.05) is 24.3 Å². The van der Waals surface area contributed by atoms with Gasteiger partial charge in [0.25, 0.3) is 0 Å². The number of nitrogens with zero attached hydrogens (tertiary/aromatic N) is 1. The fourth-order valence-electron chi connectivity index (χ4n) is 4.15. The summed E-state index contributed by atoms with van der Waals surface area (Å²) >= 11 is 0. The molecule has 0 aliphatic rings. The summed E-state index contributed by atoms with van der Waals surface area (Å²) in [4.78, 5) is 16.2. The fourth-order valence-corrected chi connectivity index (χ4v) is 6.23. The summed E-state index contributed by atoms with van der Waals surface area (Å²) in [7, 11) is -2.92. The van der Waals surface area contributed by atoms with Crippen molar-refractivity contribution in [3.8, 4) is 11.1 Å². The van der Waals surface area contributed by atoms with Crippen LogP contribution in [0.15, 0.2) is 54.7 Å². The summed E-state index contributed by atoms with van der Waals surface area (Å²) in [5.74, 6) is -0.859. The van der Waals surface area contributed by atoms with Crippen molar-refractivity contribution in [2.24, 2.45) is 0 Å². The number of hydrogen-bond donors (Lipinski definition) is 1. The highest BCUT2D eigenvalue weighted by atomic mass is 28.4. The van der Waals surface area contributed by atoms with Gasteiger partial charge < -0.3 is 14.0 Å². The topological polar surface area (TPSA) is 68.7 Å². The normalized spacial score (nSPS) is 13.7. The summed E-state index contributed by atoms with van der Waals surface area (Å²) < 4.78 is 13.3. The van der Waals surface area contributed by atoms with Gasteiger partial charge in [0, 0.05) is 11.6 Å². The molecular weight excluding hydrogens is 519 g/mol. The zero-order valence-electron chi connectivity index (χ0n) is 25.2. The summed E-state index contributed by atoms with van der Waals surface area (Å²) in [6.45, 7) is 21.0. The zero-order chi connectivity index (χ0) is 29.0. The van der Waals surface area contributed by atoms with Gasteiger partial charge in [-0.15, -0.1) is 0 Å². The molecule has 1 radical (unpaired) electrons. The summed E-state index contributed by atoms with van der Waals surface area (Å²) in [6, 6.07) is 16.4. The van der Waals surface area contributed by atoms with Crippen molar-refractivity contribution in [1.82, 2.24) is 4.98 Å². The third-order valence-electron chi connectivity index (χ3n) is 8.00. The molecule has 0 saturated carbocycles. The van der Waals surface area contributed by atoms with Crippen molar-refractivity contribution in [3.63, 3.8) is 0 Å². The Kier molecular flexibility index (Phi) is 9.97.